The van der Waals surface area contributed by atoms with E-state index in [4.69, 9.17) is 0 Å². The van der Waals surface area contributed by atoms with E-state index in [0.717, 1.165) is 22.9 Å². The summed E-state index contributed by atoms with van der Waals surface area (Å²) in [6, 6.07) is 12.4. The van der Waals surface area contributed by atoms with Crippen LogP contribution in [0.5, 0.6) is 0 Å². The van der Waals surface area contributed by atoms with Crippen molar-refractivity contribution in [1.29, 1.82) is 0 Å². The molecule has 0 heterocycles. The molecule has 0 aliphatic heterocycles. The van der Waals surface area contributed by atoms with Gasteiger partial charge in [0.15, 0.2) is 5.78 Å². The minimum Gasteiger partial charge on any atom is -0.294 e. The second kappa shape index (κ2) is 5.09. The molecule has 0 fully saturated rings. The Morgan fingerprint density at radius 1 is 1.15 bits per heavy atom. The summed E-state index contributed by atoms with van der Waals surface area (Å²) in [6.07, 6.45) is 5.88. The molecule has 0 saturated carbocycles. The number of rotatable bonds is 3. The van der Waals surface area contributed by atoms with E-state index in [0.29, 0.717) is 6.42 Å². The summed E-state index contributed by atoms with van der Waals surface area (Å²) in [5, 5.41) is 2.33. The zero-order valence-corrected chi connectivity index (χ0v) is 11.9. The number of fused-ring (bicyclic) bond motifs is 1. The fourth-order valence-electron chi connectivity index (χ4n) is 2.78. The molecule has 1 nitrogen and oxygen atoms in total. The Hall–Kier alpha value is -2.15. The molecule has 0 unspecified atom stereocenters. The summed E-state index contributed by atoms with van der Waals surface area (Å²) < 4.78 is 0. The van der Waals surface area contributed by atoms with Crippen LogP contribution in [-0.4, -0.2) is 5.78 Å². The van der Waals surface area contributed by atoms with E-state index in [9.17, 15) is 4.79 Å². The van der Waals surface area contributed by atoms with Crippen LogP contribution in [0.15, 0.2) is 54.1 Å². The summed E-state index contributed by atoms with van der Waals surface area (Å²) in [5.74, 6) is 0.219. The van der Waals surface area contributed by atoms with Crippen molar-refractivity contribution in [3.05, 3.63) is 65.3 Å². The van der Waals surface area contributed by atoms with Crippen molar-refractivity contribution in [2.75, 3.05) is 0 Å². The van der Waals surface area contributed by atoms with Crippen LogP contribution in [0.25, 0.3) is 16.3 Å². The fourth-order valence-corrected chi connectivity index (χ4v) is 2.78. The minimum absolute atomic E-state index is 0.219. The lowest BCUT2D eigenvalue weighted by molar-refractivity contribution is 0.0988. The third kappa shape index (κ3) is 2.20. The van der Waals surface area contributed by atoms with Crippen LogP contribution in [0.1, 0.15) is 42.6 Å². The van der Waals surface area contributed by atoms with Crippen LogP contribution in [0.2, 0.25) is 0 Å². The standard InChI is InChI=1S/C19H18O/c1-3-19(20)18-12-15-7-5-4-6-14(15)11-17(18)16-9-8-13(2)10-16/h4-8,10-12H,3,9H2,1-2H3. The van der Waals surface area contributed by atoms with Crippen LogP contribution in [0, 0.1) is 0 Å². The van der Waals surface area contributed by atoms with E-state index < -0.39 is 0 Å². The van der Waals surface area contributed by atoms with E-state index in [2.05, 4.69) is 37.3 Å². The maximum Gasteiger partial charge on any atom is 0.163 e. The first-order valence-corrected chi connectivity index (χ1v) is 7.12. The third-order valence-electron chi connectivity index (χ3n) is 3.90. The van der Waals surface area contributed by atoms with Gasteiger partial charge < -0.3 is 0 Å². The molecule has 20 heavy (non-hydrogen) atoms. The van der Waals surface area contributed by atoms with Gasteiger partial charge in [0.2, 0.25) is 0 Å². The van der Waals surface area contributed by atoms with E-state index in [1.165, 1.54) is 16.5 Å². The maximum absolute atomic E-state index is 12.3. The molecular weight excluding hydrogens is 244 g/mol. The molecular formula is C19H18O. The Bertz CT molecular complexity index is 747. The number of hydrogen-bond donors (Lipinski definition) is 0. The molecule has 0 saturated heterocycles. The average molecular weight is 262 g/mol. The second-order valence-corrected chi connectivity index (χ2v) is 5.34. The lowest BCUT2D eigenvalue weighted by atomic mass is 9.92. The van der Waals surface area contributed by atoms with Crippen molar-refractivity contribution in [1.82, 2.24) is 0 Å². The topological polar surface area (TPSA) is 17.1 Å². The number of hydrogen-bond acceptors (Lipinski definition) is 1. The monoisotopic (exact) mass is 262 g/mol. The first-order valence-electron chi connectivity index (χ1n) is 7.12. The minimum atomic E-state index is 0.219. The number of carbonyl (C=O) groups excluding carboxylic acids is 1. The smallest absolute Gasteiger partial charge is 0.163 e. The van der Waals surface area contributed by atoms with Gasteiger partial charge in [-0.25, -0.2) is 0 Å². The van der Waals surface area contributed by atoms with Gasteiger partial charge in [-0.2, -0.15) is 0 Å². The van der Waals surface area contributed by atoms with Gasteiger partial charge in [-0.1, -0.05) is 48.9 Å². The SMILES string of the molecule is CCC(=O)c1cc2ccccc2cc1C1=CC(C)=CC1. The second-order valence-electron chi connectivity index (χ2n) is 5.34. The Kier molecular flexibility index (Phi) is 3.27. The highest BCUT2D eigenvalue weighted by molar-refractivity contribution is 6.05. The number of benzene rings is 2. The lowest BCUT2D eigenvalue weighted by Gasteiger charge is -2.11. The highest BCUT2D eigenvalue weighted by atomic mass is 16.1. The predicted octanol–water partition coefficient (Wildman–Crippen LogP) is 5.17. The van der Waals surface area contributed by atoms with Crippen LogP contribution < -0.4 is 0 Å². The van der Waals surface area contributed by atoms with Crippen LogP contribution in [-0.2, 0) is 0 Å². The first kappa shape index (κ1) is 12.9. The van der Waals surface area contributed by atoms with Gasteiger partial charge >= 0.3 is 0 Å². The molecule has 0 aromatic heterocycles. The number of allylic oxidation sites excluding steroid dienone is 4. The molecule has 1 aliphatic carbocycles. The Morgan fingerprint density at radius 3 is 2.45 bits per heavy atom. The van der Waals surface area contributed by atoms with Crippen LogP contribution >= 0.6 is 0 Å². The van der Waals surface area contributed by atoms with Gasteiger partial charge in [0, 0.05) is 12.0 Å². The first-order chi connectivity index (χ1) is 9.69. The van der Waals surface area contributed by atoms with Gasteiger partial charge in [-0.15, -0.1) is 0 Å². The fraction of sp³-hybridized carbons (Fsp3) is 0.211. The Balaban J connectivity index is 2.22. The maximum atomic E-state index is 12.3. The average Bonchev–Trinajstić information content (AvgIpc) is 2.91. The normalized spacial score (nSPS) is 14.3. The van der Waals surface area contributed by atoms with Crippen LogP contribution in [0.4, 0.5) is 0 Å². The van der Waals surface area contributed by atoms with E-state index in [1.807, 2.05) is 25.1 Å². The van der Waals surface area contributed by atoms with E-state index in [-0.39, 0.29) is 5.78 Å². The molecule has 0 N–H and O–H groups in total. The molecule has 0 atom stereocenters. The molecule has 0 bridgehead atoms. The Labute approximate surface area is 119 Å². The predicted molar refractivity (Wildman–Crippen MR) is 84.9 cm³/mol. The van der Waals surface area contributed by atoms with Gasteiger partial charge in [0.1, 0.15) is 0 Å². The van der Waals surface area contributed by atoms with Crippen molar-refractivity contribution in [3.8, 4) is 0 Å². The zero-order chi connectivity index (χ0) is 14.1. The van der Waals surface area contributed by atoms with Gasteiger partial charge in [0.05, 0.1) is 0 Å². The summed E-state index contributed by atoms with van der Waals surface area (Å²) in [7, 11) is 0. The summed E-state index contributed by atoms with van der Waals surface area (Å²) >= 11 is 0. The quantitative estimate of drug-likeness (QED) is 0.698. The Morgan fingerprint density at radius 2 is 1.85 bits per heavy atom. The molecule has 3 rings (SSSR count). The zero-order valence-electron chi connectivity index (χ0n) is 11.9. The number of Topliss-reactive ketones (excluding diaryl/α,β-unsaturated/α-hetero) is 1. The third-order valence-corrected chi connectivity index (χ3v) is 3.90. The molecule has 0 amide bonds. The molecule has 0 spiro atoms. The van der Waals surface area contributed by atoms with Gasteiger partial charge in [-0.05, 0) is 47.4 Å². The number of ketones is 1. The molecule has 1 heteroatoms. The van der Waals surface area contributed by atoms with Crippen molar-refractivity contribution in [2.45, 2.75) is 26.7 Å². The summed E-state index contributed by atoms with van der Waals surface area (Å²) in [5.41, 5.74) is 4.50. The largest absolute Gasteiger partial charge is 0.294 e. The molecule has 2 aromatic rings. The molecule has 0 radical (unpaired) electrons. The highest BCUT2D eigenvalue weighted by Gasteiger charge is 2.16. The van der Waals surface area contributed by atoms with E-state index >= 15 is 0 Å². The summed E-state index contributed by atoms with van der Waals surface area (Å²) in [6.45, 7) is 4.03. The van der Waals surface area contributed by atoms with E-state index in [1.54, 1.807) is 0 Å². The van der Waals surface area contributed by atoms with Gasteiger partial charge in [0.25, 0.3) is 0 Å². The summed E-state index contributed by atoms with van der Waals surface area (Å²) in [4.78, 5) is 12.3. The van der Waals surface area contributed by atoms with Gasteiger partial charge in [-0.3, -0.25) is 4.79 Å². The molecule has 1 aliphatic rings. The lowest BCUT2D eigenvalue weighted by Crippen LogP contribution is -2.02. The van der Waals surface area contributed by atoms with Crippen molar-refractivity contribution in [3.63, 3.8) is 0 Å². The molecule has 2 aromatic carbocycles. The molecule has 100 valence electrons. The van der Waals surface area contributed by atoms with Crippen LogP contribution in [0.3, 0.4) is 0 Å². The number of carbonyl (C=O) groups is 1. The van der Waals surface area contributed by atoms with Crippen molar-refractivity contribution < 1.29 is 4.79 Å². The highest BCUT2D eigenvalue weighted by Crippen LogP contribution is 2.32. The van der Waals surface area contributed by atoms with Crippen molar-refractivity contribution >= 4 is 22.1 Å². The van der Waals surface area contributed by atoms with Crippen molar-refractivity contribution in [2.24, 2.45) is 0 Å².